The Morgan fingerprint density at radius 1 is 1.37 bits per heavy atom. The van der Waals surface area contributed by atoms with Crippen LogP contribution < -0.4 is 5.73 Å². The lowest BCUT2D eigenvalue weighted by molar-refractivity contribution is -0.127. The van der Waals surface area contributed by atoms with E-state index in [2.05, 4.69) is 0 Å². The van der Waals surface area contributed by atoms with Gasteiger partial charge in [0, 0.05) is 31.6 Å². The minimum Gasteiger partial charge on any atom is -0.341 e. The first-order valence-electron chi connectivity index (χ1n) is 6.73. The zero-order valence-corrected chi connectivity index (χ0v) is 11.5. The lowest BCUT2D eigenvalue weighted by Gasteiger charge is -2.12. The average molecular weight is 262 g/mol. The summed E-state index contributed by atoms with van der Waals surface area (Å²) >= 11 is 0. The first kappa shape index (κ1) is 15.4. The van der Waals surface area contributed by atoms with Crippen LogP contribution in [0.25, 0.3) is 0 Å². The van der Waals surface area contributed by atoms with Crippen LogP contribution >= 0.6 is 0 Å². The molecule has 4 nitrogen and oxygen atoms in total. The second-order valence-corrected chi connectivity index (χ2v) is 4.44. The number of carbonyl (C=O) groups excluding carboxylic acids is 2. The molecule has 19 heavy (non-hydrogen) atoms. The van der Waals surface area contributed by atoms with Gasteiger partial charge in [0.15, 0.2) is 0 Å². The molecule has 0 saturated carbocycles. The Labute approximate surface area is 114 Å². The summed E-state index contributed by atoms with van der Waals surface area (Å²) in [6.07, 6.45) is 3.56. The largest absolute Gasteiger partial charge is 0.341 e. The zero-order chi connectivity index (χ0) is 14.1. The van der Waals surface area contributed by atoms with Gasteiger partial charge < -0.3 is 10.6 Å². The van der Waals surface area contributed by atoms with Crippen molar-refractivity contribution in [2.45, 2.75) is 26.2 Å². The maximum absolute atomic E-state index is 10.8. The molecule has 0 unspecified atom stereocenters. The van der Waals surface area contributed by atoms with Crippen LogP contribution in [0.5, 0.6) is 0 Å². The Bertz CT molecular complexity index is 418. The number of hydrogen-bond donors (Lipinski definition) is 1. The number of amides is 1. The molecule has 0 spiro atoms. The fraction of sp³-hybridized carbons (Fsp3) is 0.467. The van der Waals surface area contributed by atoms with Crippen molar-refractivity contribution < 1.29 is 9.59 Å². The van der Waals surface area contributed by atoms with Gasteiger partial charge in [-0.15, -0.1) is 0 Å². The number of nitrogens with two attached hydrogens (primary N) is 1. The highest BCUT2D eigenvalue weighted by atomic mass is 16.2. The smallest absolute Gasteiger partial charge is 0.222 e. The van der Waals surface area contributed by atoms with Gasteiger partial charge in [0.25, 0.3) is 0 Å². The third kappa shape index (κ3) is 4.83. The van der Waals surface area contributed by atoms with Gasteiger partial charge in [0.2, 0.25) is 5.91 Å². The summed E-state index contributed by atoms with van der Waals surface area (Å²) in [5, 5.41) is 0. The molecule has 2 rings (SSSR count). The molecule has 0 radical (unpaired) electrons. The van der Waals surface area contributed by atoms with E-state index >= 15 is 0 Å². The second kappa shape index (κ2) is 8.43. The van der Waals surface area contributed by atoms with E-state index in [9.17, 15) is 9.59 Å². The second-order valence-electron chi connectivity index (χ2n) is 4.44. The van der Waals surface area contributed by atoms with Crippen molar-refractivity contribution in [3.8, 4) is 0 Å². The van der Waals surface area contributed by atoms with Crippen molar-refractivity contribution >= 4 is 12.2 Å². The van der Waals surface area contributed by atoms with Crippen LogP contribution in [0.2, 0.25) is 0 Å². The van der Waals surface area contributed by atoms with Crippen molar-refractivity contribution in [1.82, 2.24) is 4.90 Å². The Morgan fingerprint density at radius 3 is 2.58 bits per heavy atom. The predicted molar refractivity (Wildman–Crippen MR) is 76.1 cm³/mol. The molecule has 104 valence electrons. The minimum atomic E-state index is 0.264. The van der Waals surface area contributed by atoms with E-state index in [-0.39, 0.29) is 5.91 Å². The van der Waals surface area contributed by atoms with E-state index in [1.54, 1.807) is 0 Å². The normalized spacial score (nSPS) is 14.0. The average Bonchev–Trinajstić information content (AvgIpc) is 2.85. The monoisotopic (exact) mass is 262 g/mol. The van der Waals surface area contributed by atoms with Gasteiger partial charge in [-0.1, -0.05) is 31.2 Å². The first-order chi connectivity index (χ1) is 9.22. The Hall–Kier alpha value is -1.68. The van der Waals surface area contributed by atoms with E-state index in [4.69, 9.17) is 5.73 Å². The summed E-state index contributed by atoms with van der Waals surface area (Å²) in [6, 6.07) is 7.64. The molecule has 0 aliphatic carbocycles. The molecule has 0 aromatic heterocycles. The molecular weight excluding hydrogens is 240 g/mol. The van der Waals surface area contributed by atoms with Crippen molar-refractivity contribution in [2.75, 3.05) is 19.6 Å². The number of carbonyl (C=O) groups is 2. The molecular formula is C15H22N2O2. The quantitative estimate of drug-likeness (QED) is 0.839. The van der Waals surface area contributed by atoms with Gasteiger partial charge in [-0.25, -0.2) is 0 Å². The van der Waals surface area contributed by atoms with Gasteiger partial charge in [0.1, 0.15) is 6.29 Å². The van der Waals surface area contributed by atoms with E-state index in [0.29, 0.717) is 6.54 Å². The zero-order valence-electron chi connectivity index (χ0n) is 11.5. The fourth-order valence-corrected chi connectivity index (χ4v) is 2.07. The maximum Gasteiger partial charge on any atom is 0.222 e. The lowest BCUT2D eigenvalue weighted by Crippen LogP contribution is -2.30. The van der Waals surface area contributed by atoms with Gasteiger partial charge >= 0.3 is 0 Å². The van der Waals surface area contributed by atoms with Crippen LogP contribution in [0.4, 0.5) is 0 Å². The Kier molecular flexibility index (Phi) is 6.82. The number of nitrogens with zero attached hydrogens (tertiary/aromatic N) is 1. The molecule has 0 bridgehead atoms. The van der Waals surface area contributed by atoms with E-state index in [1.807, 2.05) is 36.1 Å². The summed E-state index contributed by atoms with van der Waals surface area (Å²) in [5.41, 5.74) is 7.21. The van der Waals surface area contributed by atoms with E-state index in [0.717, 1.165) is 49.8 Å². The van der Waals surface area contributed by atoms with Crippen LogP contribution in [0, 0.1) is 0 Å². The summed E-state index contributed by atoms with van der Waals surface area (Å²) in [7, 11) is 0. The highest BCUT2D eigenvalue weighted by Gasteiger charge is 2.18. The molecule has 1 aliphatic rings. The van der Waals surface area contributed by atoms with Gasteiger partial charge in [-0.2, -0.15) is 0 Å². The molecule has 2 N–H and O–H groups in total. The number of benzene rings is 1. The number of aldehydes is 1. The SMILES string of the molecule is CCc1ccccc1C=O.NCCN1CCCC1=O. The third-order valence-corrected chi connectivity index (χ3v) is 3.13. The van der Waals surface area contributed by atoms with Gasteiger partial charge in [-0.05, 0) is 18.4 Å². The van der Waals surface area contributed by atoms with E-state index < -0.39 is 0 Å². The molecule has 1 aliphatic heterocycles. The number of aryl methyl sites for hydroxylation is 1. The fourth-order valence-electron chi connectivity index (χ4n) is 2.07. The molecule has 1 aromatic rings. The van der Waals surface area contributed by atoms with Crippen LogP contribution in [0.1, 0.15) is 35.7 Å². The summed E-state index contributed by atoms with van der Waals surface area (Å²) in [5.74, 6) is 0.264. The summed E-state index contributed by atoms with van der Waals surface area (Å²) in [6.45, 7) is 4.28. The van der Waals surface area contributed by atoms with Crippen LogP contribution in [-0.2, 0) is 11.2 Å². The van der Waals surface area contributed by atoms with Gasteiger partial charge in [0.05, 0.1) is 0 Å². The van der Waals surface area contributed by atoms with Crippen LogP contribution in [0.3, 0.4) is 0 Å². The molecule has 1 fully saturated rings. The predicted octanol–water partition coefficient (Wildman–Crippen LogP) is 1.63. The minimum absolute atomic E-state index is 0.264. The molecule has 4 heteroatoms. The van der Waals surface area contributed by atoms with Crippen LogP contribution in [-0.4, -0.2) is 36.7 Å². The molecule has 1 aromatic carbocycles. The number of likely N-dealkylation sites (tertiary alicyclic amines) is 1. The molecule has 1 heterocycles. The lowest BCUT2D eigenvalue weighted by atomic mass is 10.1. The van der Waals surface area contributed by atoms with Crippen molar-refractivity contribution in [3.05, 3.63) is 35.4 Å². The van der Waals surface area contributed by atoms with Crippen molar-refractivity contribution in [3.63, 3.8) is 0 Å². The Balaban J connectivity index is 0.000000191. The maximum atomic E-state index is 10.8. The first-order valence-corrected chi connectivity index (χ1v) is 6.73. The van der Waals surface area contributed by atoms with E-state index in [1.165, 1.54) is 0 Å². The molecule has 1 amide bonds. The third-order valence-electron chi connectivity index (χ3n) is 3.13. The van der Waals surface area contributed by atoms with Gasteiger partial charge in [-0.3, -0.25) is 9.59 Å². The molecule has 1 saturated heterocycles. The van der Waals surface area contributed by atoms with Crippen molar-refractivity contribution in [2.24, 2.45) is 5.73 Å². The summed E-state index contributed by atoms with van der Waals surface area (Å²) in [4.78, 5) is 23.0. The standard InChI is InChI=1S/C9H10O.C6H12N2O/c1-2-8-5-3-4-6-9(8)7-10;7-3-5-8-4-1-2-6(8)9/h3-7H,2H2,1H3;1-5,7H2. The Morgan fingerprint density at radius 2 is 2.11 bits per heavy atom. The molecule has 0 atom stereocenters. The van der Waals surface area contributed by atoms with Crippen LogP contribution in [0.15, 0.2) is 24.3 Å². The highest BCUT2D eigenvalue weighted by Crippen LogP contribution is 2.07. The highest BCUT2D eigenvalue weighted by molar-refractivity contribution is 5.78. The number of hydrogen-bond acceptors (Lipinski definition) is 3. The topological polar surface area (TPSA) is 63.4 Å². The number of rotatable bonds is 4. The van der Waals surface area contributed by atoms with Crippen molar-refractivity contribution in [1.29, 1.82) is 0 Å². The summed E-state index contributed by atoms with van der Waals surface area (Å²) < 4.78 is 0.